The van der Waals surface area contributed by atoms with E-state index in [0.29, 0.717) is 53.8 Å². The van der Waals surface area contributed by atoms with Gasteiger partial charge in [-0.1, -0.05) is 69.3 Å². The summed E-state index contributed by atoms with van der Waals surface area (Å²) in [5.74, 6) is 0.524. The summed E-state index contributed by atoms with van der Waals surface area (Å²) in [4.78, 5) is 49.3. The van der Waals surface area contributed by atoms with Gasteiger partial charge in [-0.25, -0.2) is 0 Å². The molecule has 0 unspecified atom stereocenters. The molecule has 0 radical (unpaired) electrons. The Labute approximate surface area is 321 Å². The number of aliphatic hydroxyl groups is 1. The standard InChI is InChI=1S/C44H59N5O5/c1-26-37-22-35(44(37,4)5)23-38(26)47-43(53)40-39(27(2)50)28(3)54-49(40)24-30-15-12-16-31(17-30)32-19-33(41(51)45-6)21-34(20-32)42(52)46-36(25-48(7)8)18-29-13-10-9-11-14-29/h9-17,19-21,26-28,35-40,50H,18,22-25H2,1-8H3,(H,45,51)(H,46,52)(H,47,53)/t26-,27-,28-,35+,36-,37-,38-,39+,40-/m0/s1. The topological polar surface area (TPSA) is 123 Å². The highest BCUT2D eigenvalue weighted by Gasteiger charge is 2.57. The van der Waals surface area contributed by atoms with E-state index in [1.54, 1.807) is 31.2 Å². The number of carbonyl (C=O) groups is 3. The molecule has 3 amide bonds. The van der Waals surface area contributed by atoms with Crippen molar-refractivity contribution in [3.8, 4) is 11.1 Å². The molecule has 3 aromatic carbocycles. The summed E-state index contributed by atoms with van der Waals surface area (Å²) < 4.78 is 0. The molecule has 1 saturated heterocycles. The maximum Gasteiger partial charge on any atom is 0.251 e. The van der Waals surface area contributed by atoms with Crippen molar-refractivity contribution >= 4 is 17.7 Å². The summed E-state index contributed by atoms with van der Waals surface area (Å²) in [7, 11) is 5.54. The van der Waals surface area contributed by atoms with E-state index in [2.05, 4.69) is 48.9 Å². The number of hydrogen-bond acceptors (Lipinski definition) is 7. The second kappa shape index (κ2) is 16.3. The summed E-state index contributed by atoms with van der Waals surface area (Å²) in [6.07, 6.45) is 1.76. The molecule has 9 atom stereocenters. The largest absolute Gasteiger partial charge is 0.393 e. The van der Waals surface area contributed by atoms with Crippen LogP contribution in [0.3, 0.4) is 0 Å². The highest BCUT2D eigenvalue weighted by atomic mass is 16.7. The number of nitrogens with zero attached hydrogens (tertiary/aromatic N) is 2. The van der Waals surface area contributed by atoms with E-state index >= 15 is 0 Å². The van der Waals surface area contributed by atoms with Gasteiger partial charge in [-0.05, 0) is 117 Å². The van der Waals surface area contributed by atoms with Crippen LogP contribution in [0.15, 0.2) is 72.8 Å². The predicted molar refractivity (Wildman–Crippen MR) is 211 cm³/mol. The van der Waals surface area contributed by atoms with Crippen LogP contribution >= 0.6 is 0 Å². The Morgan fingerprint density at radius 1 is 0.926 bits per heavy atom. The van der Waals surface area contributed by atoms with Crippen LogP contribution in [0, 0.1) is 29.1 Å². The Hall–Kier alpha value is -4.09. The molecule has 2 bridgehead atoms. The minimum Gasteiger partial charge on any atom is -0.393 e. The quantitative estimate of drug-likeness (QED) is 0.188. The van der Waals surface area contributed by atoms with Crippen LogP contribution in [0.4, 0.5) is 0 Å². The Kier molecular flexibility index (Phi) is 12.0. The number of carbonyl (C=O) groups excluding carboxylic acids is 3. The van der Waals surface area contributed by atoms with Crippen molar-refractivity contribution in [2.75, 3.05) is 27.7 Å². The highest BCUT2D eigenvalue weighted by Crippen LogP contribution is 2.61. The summed E-state index contributed by atoms with van der Waals surface area (Å²) in [6, 6.07) is 22.5. The van der Waals surface area contributed by atoms with Crippen molar-refractivity contribution in [2.24, 2.45) is 29.1 Å². The lowest BCUT2D eigenvalue weighted by Gasteiger charge is -2.62. The van der Waals surface area contributed by atoms with Gasteiger partial charge in [0.15, 0.2) is 0 Å². The third kappa shape index (κ3) is 8.42. The lowest BCUT2D eigenvalue weighted by atomic mass is 9.45. The number of hydrogen-bond donors (Lipinski definition) is 4. The number of fused-ring (bicyclic) bond motifs is 2. The summed E-state index contributed by atoms with van der Waals surface area (Å²) in [5, 5.41) is 21.9. The normalized spacial score (nSPS) is 27.1. The van der Waals surface area contributed by atoms with Crippen molar-refractivity contribution in [3.63, 3.8) is 0 Å². The number of rotatable bonds is 13. The average molecular weight is 738 g/mol. The van der Waals surface area contributed by atoms with Gasteiger partial charge in [-0.15, -0.1) is 0 Å². The van der Waals surface area contributed by atoms with Gasteiger partial charge in [0, 0.05) is 42.7 Å². The molecule has 3 saturated carbocycles. The van der Waals surface area contributed by atoms with Gasteiger partial charge < -0.3 is 26.0 Å². The zero-order valence-corrected chi connectivity index (χ0v) is 33.1. The molecule has 1 heterocycles. The van der Waals surface area contributed by atoms with Crippen LogP contribution in [0.1, 0.15) is 79.3 Å². The molecule has 4 N–H and O–H groups in total. The van der Waals surface area contributed by atoms with Crippen molar-refractivity contribution in [1.82, 2.24) is 25.9 Å². The van der Waals surface area contributed by atoms with Crippen LogP contribution in [-0.4, -0.2) is 90.8 Å². The van der Waals surface area contributed by atoms with Crippen LogP contribution in [0.2, 0.25) is 0 Å². The van der Waals surface area contributed by atoms with Crippen LogP contribution < -0.4 is 16.0 Å². The molecule has 3 aliphatic carbocycles. The first-order valence-corrected chi connectivity index (χ1v) is 19.5. The molecule has 10 heteroatoms. The SMILES string of the molecule is CNC(=O)c1cc(C(=O)N[C@@H](Cc2ccccc2)CN(C)C)cc(-c2cccc(CN3O[C@@H](C)[C@@H]([C@H](C)O)[C@H]3C(=O)N[C@H]3C[C@H]4C[C@@H]([C@@H]3C)C4(C)C)c2)c1. The molecule has 7 rings (SSSR count). The van der Waals surface area contributed by atoms with Gasteiger partial charge in [0.1, 0.15) is 6.04 Å². The third-order valence-corrected chi connectivity index (χ3v) is 12.6. The first kappa shape index (κ1) is 39.6. The molecule has 1 aliphatic heterocycles. The van der Waals surface area contributed by atoms with Crippen LogP contribution in [0.5, 0.6) is 0 Å². The molecule has 0 aromatic heterocycles. The number of likely N-dealkylation sites (N-methyl/N-ethyl adjacent to an activating group) is 1. The molecular formula is C44H59N5O5. The van der Waals surface area contributed by atoms with E-state index in [-0.39, 0.29) is 35.9 Å². The third-order valence-electron chi connectivity index (χ3n) is 12.6. The average Bonchev–Trinajstić information content (AvgIpc) is 3.47. The van der Waals surface area contributed by atoms with E-state index in [1.807, 2.05) is 74.4 Å². The van der Waals surface area contributed by atoms with E-state index in [4.69, 9.17) is 4.84 Å². The first-order chi connectivity index (χ1) is 25.7. The second-order valence-corrected chi connectivity index (χ2v) is 16.9. The fourth-order valence-electron chi connectivity index (χ4n) is 9.50. The van der Waals surface area contributed by atoms with Gasteiger partial charge in [0.25, 0.3) is 11.8 Å². The van der Waals surface area contributed by atoms with E-state index in [9.17, 15) is 19.5 Å². The number of aliphatic hydroxyl groups excluding tert-OH is 1. The number of amides is 3. The minimum absolute atomic E-state index is 0.0977. The maximum absolute atomic E-state index is 14.1. The van der Waals surface area contributed by atoms with Gasteiger partial charge in [0.2, 0.25) is 5.91 Å². The number of benzene rings is 3. The molecule has 54 heavy (non-hydrogen) atoms. The summed E-state index contributed by atoms with van der Waals surface area (Å²) in [5.41, 5.74) is 4.63. The van der Waals surface area contributed by atoms with Gasteiger partial charge in [-0.2, -0.15) is 5.06 Å². The van der Waals surface area contributed by atoms with Crippen molar-refractivity contribution < 1.29 is 24.3 Å². The predicted octanol–water partition coefficient (Wildman–Crippen LogP) is 5.30. The van der Waals surface area contributed by atoms with Gasteiger partial charge >= 0.3 is 0 Å². The zero-order valence-electron chi connectivity index (χ0n) is 33.1. The Bertz CT molecular complexity index is 1810. The fourth-order valence-corrected chi connectivity index (χ4v) is 9.50. The number of nitrogens with one attached hydrogen (secondary N) is 3. The van der Waals surface area contributed by atoms with E-state index in [0.717, 1.165) is 28.7 Å². The smallest absolute Gasteiger partial charge is 0.251 e. The van der Waals surface area contributed by atoms with E-state index < -0.39 is 18.1 Å². The van der Waals surface area contributed by atoms with Crippen molar-refractivity contribution in [1.29, 1.82) is 0 Å². The molecule has 290 valence electrons. The highest BCUT2D eigenvalue weighted by molar-refractivity contribution is 6.01. The lowest BCUT2D eigenvalue weighted by molar-refractivity contribution is -0.174. The molecule has 0 spiro atoms. The molecule has 4 fully saturated rings. The second-order valence-electron chi connectivity index (χ2n) is 16.9. The Morgan fingerprint density at radius 2 is 1.61 bits per heavy atom. The lowest BCUT2D eigenvalue weighted by Crippen LogP contribution is -2.62. The first-order valence-electron chi connectivity index (χ1n) is 19.5. The molecule has 4 aliphatic rings. The Morgan fingerprint density at radius 3 is 2.24 bits per heavy atom. The molecule has 10 nitrogen and oxygen atoms in total. The molecule has 3 aromatic rings. The van der Waals surface area contributed by atoms with Gasteiger partial charge in [-0.3, -0.25) is 19.2 Å². The molecular weight excluding hydrogens is 679 g/mol. The zero-order chi connectivity index (χ0) is 38.9. The monoisotopic (exact) mass is 737 g/mol. The summed E-state index contributed by atoms with van der Waals surface area (Å²) >= 11 is 0. The van der Waals surface area contributed by atoms with Crippen molar-refractivity contribution in [2.45, 2.75) is 90.8 Å². The van der Waals surface area contributed by atoms with Crippen LogP contribution in [-0.2, 0) is 22.6 Å². The van der Waals surface area contributed by atoms with Crippen molar-refractivity contribution in [3.05, 3.63) is 95.1 Å². The van der Waals surface area contributed by atoms with Gasteiger partial charge in [0.05, 0.1) is 18.8 Å². The van der Waals surface area contributed by atoms with E-state index in [1.165, 1.54) is 6.42 Å². The number of hydroxylamine groups is 2. The van der Waals surface area contributed by atoms with Crippen LogP contribution in [0.25, 0.3) is 11.1 Å². The maximum atomic E-state index is 14.1. The fraction of sp³-hybridized carbons (Fsp3) is 0.523. The Balaban J connectivity index is 1.23. The summed E-state index contributed by atoms with van der Waals surface area (Å²) in [6.45, 7) is 11.6. The minimum atomic E-state index is -0.745.